The lowest BCUT2D eigenvalue weighted by molar-refractivity contribution is -0.154. The van der Waals surface area contributed by atoms with E-state index in [1.165, 1.54) is 64.2 Å². The minimum Gasteiger partial charge on any atom is -0.457 e. The molecule has 2 unspecified atom stereocenters. The molecular formula is C49H86NO7P. The maximum Gasteiger partial charge on any atom is 0.472 e. The average Bonchev–Trinajstić information content (AvgIpc) is 3.21. The van der Waals surface area contributed by atoms with E-state index in [1.807, 2.05) is 0 Å². The van der Waals surface area contributed by atoms with Crippen molar-refractivity contribution < 1.29 is 32.8 Å². The number of allylic oxidation sites excluding steroid dienone is 14. The van der Waals surface area contributed by atoms with Crippen LogP contribution >= 0.6 is 7.82 Å². The summed E-state index contributed by atoms with van der Waals surface area (Å²) in [4.78, 5) is 22.5. The molecule has 2 atom stereocenters. The van der Waals surface area contributed by atoms with Gasteiger partial charge < -0.3 is 20.1 Å². The Morgan fingerprint density at radius 3 is 1.36 bits per heavy atom. The number of carbonyl (C=O) groups excluding carboxylic acids is 1. The highest BCUT2D eigenvalue weighted by Crippen LogP contribution is 2.43. The standard InChI is InChI=1S/C49H86NO7P/c1-3-5-7-9-11-13-15-17-19-20-21-22-23-24-25-26-27-28-29-30-32-34-36-38-40-42-49(51)57-48(47-56-58(52,53)55-45-43-50)46-54-44-41-39-37-35-33-31-18-16-14-12-10-8-6-4-2/h5-8,11-14,17-19,21-22,31,48H,3-4,9-10,15-16,20,23-30,32-47,50H2,1-2H3,(H,52,53)/b7-5-,8-6-,13-11-,14-12-,19-17-,22-21-,31-18-. The van der Waals surface area contributed by atoms with Crippen LogP contribution in [-0.4, -0.2) is 49.9 Å². The van der Waals surface area contributed by atoms with Crippen LogP contribution in [0.15, 0.2) is 85.1 Å². The number of esters is 1. The van der Waals surface area contributed by atoms with Crippen LogP contribution < -0.4 is 5.73 Å². The van der Waals surface area contributed by atoms with Crippen LogP contribution in [0, 0.1) is 0 Å². The van der Waals surface area contributed by atoms with Crippen LogP contribution in [0.1, 0.15) is 181 Å². The molecule has 0 bridgehead atoms. The van der Waals surface area contributed by atoms with Gasteiger partial charge in [0.25, 0.3) is 0 Å². The van der Waals surface area contributed by atoms with E-state index in [4.69, 9.17) is 24.3 Å². The highest BCUT2D eigenvalue weighted by atomic mass is 31.2. The smallest absolute Gasteiger partial charge is 0.457 e. The van der Waals surface area contributed by atoms with Gasteiger partial charge in [-0.15, -0.1) is 0 Å². The lowest BCUT2D eigenvalue weighted by Crippen LogP contribution is -2.28. The molecule has 0 heterocycles. The molecular weight excluding hydrogens is 746 g/mol. The van der Waals surface area contributed by atoms with E-state index in [-0.39, 0.29) is 32.3 Å². The van der Waals surface area contributed by atoms with Gasteiger partial charge in [-0.05, 0) is 83.5 Å². The Morgan fingerprint density at radius 2 is 0.914 bits per heavy atom. The minimum atomic E-state index is -4.29. The second kappa shape index (κ2) is 45.8. The van der Waals surface area contributed by atoms with Crippen LogP contribution in [0.4, 0.5) is 0 Å². The van der Waals surface area contributed by atoms with Gasteiger partial charge >= 0.3 is 13.8 Å². The van der Waals surface area contributed by atoms with Gasteiger partial charge in [-0.2, -0.15) is 0 Å². The summed E-state index contributed by atoms with van der Waals surface area (Å²) >= 11 is 0. The first-order chi connectivity index (χ1) is 28.4. The molecule has 58 heavy (non-hydrogen) atoms. The van der Waals surface area contributed by atoms with Crippen molar-refractivity contribution in [1.82, 2.24) is 0 Å². The molecule has 0 spiro atoms. The predicted molar refractivity (Wildman–Crippen MR) is 247 cm³/mol. The number of hydrogen-bond acceptors (Lipinski definition) is 7. The van der Waals surface area contributed by atoms with Crippen molar-refractivity contribution in [2.24, 2.45) is 5.73 Å². The summed E-state index contributed by atoms with van der Waals surface area (Å²) in [5, 5.41) is 0. The Balaban J connectivity index is 3.98. The molecule has 0 aliphatic carbocycles. The van der Waals surface area contributed by atoms with E-state index in [1.54, 1.807) is 0 Å². The minimum absolute atomic E-state index is 0.0921. The fourth-order valence-corrected chi connectivity index (χ4v) is 6.77. The van der Waals surface area contributed by atoms with Crippen LogP contribution in [-0.2, 0) is 27.9 Å². The van der Waals surface area contributed by atoms with Crippen LogP contribution in [0.3, 0.4) is 0 Å². The maximum absolute atomic E-state index is 12.6. The summed E-state index contributed by atoms with van der Waals surface area (Å²) < 4.78 is 33.4. The molecule has 0 aliphatic rings. The van der Waals surface area contributed by atoms with Crippen molar-refractivity contribution in [3.05, 3.63) is 85.1 Å². The number of rotatable bonds is 43. The molecule has 8 nitrogen and oxygen atoms in total. The Labute approximate surface area is 356 Å². The van der Waals surface area contributed by atoms with Gasteiger partial charge in [-0.1, -0.05) is 176 Å². The molecule has 9 heteroatoms. The third-order valence-electron chi connectivity index (χ3n) is 9.31. The van der Waals surface area contributed by atoms with Gasteiger partial charge in [0.2, 0.25) is 0 Å². The van der Waals surface area contributed by atoms with Gasteiger partial charge in [-0.25, -0.2) is 4.57 Å². The predicted octanol–water partition coefficient (Wildman–Crippen LogP) is 14.1. The SMILES string of the molecule is CC/C=C\C/C=C\C/C=C\C/C=C\CCCCCCCCCCCCCCC(=O)OC(COCCCCCC/C=C\C/C=C\C/C=C\CC)COP(=O)(O)OCCN. The largest absolute Gasteiger partial charge is 0.472 e. The third-order valence-corrected chi connectivity index (χ3v) is 10.3. The van der Waals surface area contributed by atoms with Crippen molar-refractivity contribution in [3.8, 4) is 0 Å². The van der Waals surface area contributed by atoms with Crippen LogP contribution in [0.25, 0.3) is 0 Å². The molecule has 0 saturated heterocycles. The first-order valence-electron chi connectivity index (χ1n) is 23.1. The van der Waals surface area contributed by atoms with Crippen molar-refractivity contribution in [2.75, 3.05) is 33.0 Å². The average molecular weight is 832 g/mol. The van der Waals surface area contributed by atoms with Gasteiger partial charge in [0.05, 0.1) is 19.8 Å². The molecule has 0 radical (unpaired) electrons. The summed E-state index contributed by atoms with van der Waals surface area (Å²) in [6.07, 6.45) is 59.0. The van der Waals surface area contributed by atoms with Gasteiger partial charge in [-0.3, -0.25) is 13.8 Å². The normalized spacial score (nSPS) is 14.2. The number of carbonyl (C=O) groups is 1. The summed E-state index contributed by atoms with van der Waals surface area (Å²) in [7, 11) is -4.29. The summed E-state index contributed by atoms with van der Waals surface area (Å²) in [6, 6.07) is 0. The molecule has 0 fully saturated rings. The van der Waals surface area contributed by atoms with E-state index < -0.39 is 13.9 Å². The fraction of sp³-hybridized carbons (Fsp3) is 0.694. The fourth-order valence-electron chi connectivity index (χ4n) is 6.00. The number of nitrogens with two attached hydrogens (primary N) is 1. The Kier molecular flexibility index (Phi) is 43.9. The molecule has 0 aromatic rings. The van der Waals surface area contributed by atoms with E-state index in [2.05, 4.69) is 98.9 Å². The molecule has 0 rings (SSSR count). The highest BCUT2D eigenvalue weighted by molar-refractivity contribution is 7.47. The first kappa shape index (κ1) is 55.7. The van der Waals surface area contributed by atoms with E-state index in [0.29, 0.717) is 13.0 Å². The Hall–Kier alpha value is -2.32. The summed E-state index contributed by atoms with van der Waals surface area (Å²) in [5.74, 6) is -0.344. The lowest BCUT2D eigenvalue weighted by atomic mass is 10.0. The zero-order valence-corrected chi connectivity index (χ0v) is 37.9. The topological polar surface area (TPSA) is 117 Å². The highest BCUT2D eigenvalue weighted by Gasteiger charge is 2.25. The quantitative estimate of drug-likeness (QED) is 0.0270. The number of phosphoric acid groups is 1. The zero-order chi connectivity index (χ0) is 42.3. The Bertz CT molecular complexity index is 1160. The molecule has 0 aromatic carbocycles. The van der Waals surface area contributed by atoms with Crippen molar-refractivity contribution in [2.45, 2.75) is 187 Å². The zero-order valence-electron chi connectivity index (χ0n) is 37.0. The molecule has 0 amide bonds. The molecule has 0 aromatic heterocycles. The van der Waals surface area contributed by atoms with Gasteiger partial charge in [0.15, 0.2) is 0 Å². The van der Waals surface area contributed by atoms with Crippen LogP contribution in [0.5, 0.6) is 0 Å². The van der Waals surface area contributed by atoms with E-state index in [9.17, 15) is 14.3 Å². The molecule has 0 saturated carbocycles. The second-order valence-electron chi connectivity index (χ2n) is 14.9. The number of unbranched alkanes of at least 4 members (excludes halogenated alkanes) is 16. The van der Waals surface area contributed by atoms with Crippen molar-refractivity contribution >= 4 is 13.8 Å². The van der Waals surface area contributed by atoms with Gasteiger partial charge in [0, 0.05) is 19.6 Å². The summed E-state index contributed by atoms with van der Waals surface area (Å²) in [6.45, 7) is 4.63. The summed E-state index contributed by atoms with van der Waals surface area (Å²) in [5.41, 5.74) is 5.37. The molecule has 3 N–H and O–H groups in total. The number of ether oxygens (including phenoxy) is 2. The van der Waals surface area contributed by atoms with Crippen molar-refractivity contribution in [1.29, 1.82) is 0 Å². The lowest BCUT2D eigenvalue weighted by Gasteiger charge is -2.20. The number of hydrogen-bond donors (Lipinski definition) is 2. The third kappa shape index (κ3) is 44.8. The monoisotopic (exact) mass is 832 g/mol. The van der Waals surface area contributed by atoms with Crippen LogP contribution in [0.2, 0.25) is 0 Å². The first-order valence-corrected chi connectivity index (χ1v) is 24.6. The van der Waals surface area contributed by atoms with E-state index >= 15 is 0 Å². The Morgan fingerprint density at radius 1 is 0.517 bits per heavy atom. The van der Waals surface area contributed by atoms with Gasteiger partial charge in [0.1, 0.15) is 6.10 Å². The second-order valence-corrected chi connectivity index (χ2v) is 16.3. The van der Waals surface area contributed by atoms with Crippen molar-refractivity contribution in [3.63, 3.8) is 0 Å². The number of phosphoric ester groups is 1. The maximum atomic E-state index is 12.6. The van der Waals surface area contributed by atoms with E-state index in [0.717, 1.165) is 96.3 Å². The molecule has 0 aliphatic heterocycles. The molecule has 334 valence electrons.